The van der Waals surface area contributed by atoms with Crippen LogP contribution in [0.4, 0.5) is 19.0 Å². The summed E-state index contributed by atoms with van der Waals surface area (Å²) in [6.07, 6.45) is -1.74. The summed E-state index contributed by atoms with van der Waals surface area (Å²) in [6.45, 7) is 0. The third-order valence-corrected chi connectivity index (χ3v) is 2.77. The predicted molar refractivity (Wildman–Crippen MR) is 59.6 cm³/mol. The number of aromatic nitrogens is 2. The summed E-state index contributed by atoms with van der Waals surface area (Å²) >= 11 is 4.66. The molecule has 1 aliphatic rings. The Morgan fingerprint density at radius 1 is 1.35 bits per heavy atom. The molecule has 0 bridgehead atoms. The van der Waals surface area contributed by atoms with Gasteiger partial charge in [0, 0.05) is 0 Å². The van der Waals surface area contributed by atoms with E-state index in [-0.39, 0.29) is 29.3 Å². The summed E-state index contributed by atoms with van der Waals surface area (Å²) in [7, 11) is 0. The smallest absolute Gasteiger partial charge is 0.388 e. The topological polar surface area (TPSA) is 63.8 Å². The van der Waals surface area contributed by atoms with Gasteiger partial charge in [0.05, 0.1) is 12.4 Å². The Hall–Kier alpha value is -1.44. The lowest BCUT2D eigenvalue weighted by molar-refractivity contribution is -0.151. The molecule has 0 saturated heterocycles. The van der Waals surface area contributed by atoms with Crippen molar-refractivity contribution in [3.8, 4) is 0 Å². The van der Waals surface area contributed by atoms with Crippen LogP contribution in [0.3, 0.4) is 0 Å². The SMILES string of the molecule is NC(=S)c1cnc(NC2(C(F)(F)F)CC2)cn1. The minimum absolute atomic E-state index is 0.0508. The van der Waals surface area contributed by atoms with E-state index in [1.54, 1.807) is 0 Å². The van der Waals surface area contributed by atoms with Crippen molar-refractivity contribution in [2.45, 2.75) is 24.6 Å². The number of hydrogen-bond donors (Lipinski definition) is 2. The second-order valence-electron chi connectivity index (χ2n) is 3.86. The van der Waals surface area contributed by atoms with Crippen LogP contribution >= 0.6 is 12.2 Å². The lowest BCUT2D eigenvalue weighted by Gasteiger charge is -2.20. The number of hydrogen-bond acceptors (Lipinski definition) is 4. The number of halogens is 3. The van der Waals surface area contributed by atoms with Crippen LogP contribution in [0.1, 0.15) is 18.5 Å². The molecule has 4 nitrogen and oxygen atoms in total. The maximum atomic E-state index is 12.6. The van der Waals surface area contributed by atoms with Gasteiger partial charge in [-0.05, 0) is 12.8 Å². The largest absolute Gasteiger partial charge is 0.411 e. The lowest BCUT2D eigenvalue weighted by Crippen LogP contribution is -2.39. The average Bonchev–Trinajstić information content (AvgIpc) is 2.98. The van der Waals surface area contributed by atoms with Gasteiger partial charge < -0.3 is 11.1 Å². The lowest BCUT2D eigenvalue weighted by atomic mass is 10.2. The normalized spacial score (nSPS) is 17.6. The van der Waals surface area contributed by atoms with Crippen molar-refractivity contribution in [2.75, 3.05) is 5.32 Å². The Morgan fingerprint density at radius 2 is 2.00 bits per heavy atom. The van der Waals surface area contributed by atoms with Crippen LogP contribution < -0.4 is 11.1 Å². The summed E-state index contributed by atoms with van der Waals surface area (Å²) in [4.78, 5) is 7.67. The van der Waals surface area contributed by atoms with Crippen molar-refractivity contribution >= 4 is 23.0 Å². The maximum absolute atomic E-state index is 12.6. The van der Waals surface area contributed by atoms with E-state index >= 15 is 0 Å². The molecule has 0 amide bonds. The van der Waals surface area contributed by atoms with E-state index < -0.39 is 11.7 Å². The highest BCUT2D eigenvalue weighted by Gasteiger charge is 2.63. The van der Waals surface area contributed by atoms with Crippen LogP contribution in [0.15, 0.2) is 12.4 Å². The Labute approximate surface area is 100 Å². The quantitative estimate of drug-likeness (QED) is 0.810. The summed E-state index contributed by atoms with van der Waals surface area (Å²) in [6, 6.07) is 0. The zero-order chi connectivity index (χ0) is 12.7. The van der Waals surface area contributed by atoms with Crippen LogP contribution in [-0.2, 0) is 0 Å². The maximum Gasteiger partial charge on any atom is 0.411 e. The van der Waals surface area contributed by atoms with Gasteiger partial charge in [0.15, 0.2) is 0 Å². The summed E-state index contributed by atoms with van der Waals surface area (Å²) < 4.78 is 37.9. The van der Waals surface area contributed by atoms with Crippen molar-refractivity contribution in [3.05, 3.63) is 18.1 Å². The summed E-state index contributed by atoms with van der Waals surface area (Å²) in [5.74, 6) is 0.0693. The molecule has 8 heteroatoms. The number of nitrogens with zero attached hydrogens (tertiary/aromatic N) is 2. The molecule has 92 valence electrons. The van der Waals surface area contributed by atoms with Crippen molar-refractivity contribution < 1.29 is 13.2 Å². The van der Waals surface area contributed by atoms with E-state index in [9.17, 15) is 13.2 Å². The minimum Gasteiger partial charge on any atom is -0.388 e. The molecule has 1 saturated carbocycles. The highest BCUT2D eigenvalue weighted by Crippen LogP contribution is 2.50. The first-order valence-electron chi connectivity index (χ1n) is 4.81. The minimum atomic E-state index is -4.28. The van der Waals surface area contributed by atoms with Crippen molar-refractivity contribution in [2.24, 2.45) is 5.73 Å². The standard InChI is InChI=1S/C9H9F3N4S/c10-9(11,12)8(1-2-8)16-6-4-14-5(3-15-6)7(13)17/h3-4H,1-2H2,(H2,13,17)(H,15,16). The molecule has 1 fully saturated rings. The molecule has 1 heterocycles. The molecule has 0 aliphatic heterocycles. The van der Waals surface area contributed by atoms with Crippen LogP contribution in [-0.4, -0.2) is 26.7 Å². The Bertz CT molecular complexity index is 439. The molecule has 1 aliphatic carbocycles. The first-order valence-corrected chi connectivity index (χ1v) is 5.22. The van der Waals surface area contributed by atoms with Gasteiger partial charge in [-0.25, -0.2) is 9.97 Å². The molecule has 0 spiro atoms. The van der Waals surface area contributed by atoms with E-state index in [0.717, 1.165) is 0 Å². The van der Waals surface area contributed by atoms with Gasteiger partial charge in [0.1, 0.15) is 22.0 Å². The monoisotopic (exact) mass is 262 g/mol. The van der Waals surface area contributed by atoms with Crippen molar-refractivity contribution in [1.82, 2.24) is 9.97 Å². The number of alkyl halides is 3. The fraction of sp³-hybridized carbons (Fsp3) is 0.444. The molecular weight excluding hydrogens is 253 g/mol. The Kier molecular flexibility index (Phi) is 2.69. The van der Waals surface area contributed by atoms with E-state index in [1.807, 2.05) is 0 Å². The van der Waals surface area contributed by atoms with Gasteiger partial charge in [0.2, 0.25) is 0 Å². The number of nitrogens with one attached hydrogen (secondary N) is 1. The molecule has 1 aromatic heterocycles. The van der Waals surface area contributed by atoms with Gasteiger partial charge in [-0.15, -0.1) is 0 Å². The van der Waals surface area contributed by atoms with Crippen LogP contribution in [0.5, 0.6) is 0 Å². The van der Waals surface area contributed by atoms with E-state index in [4.69, 9.17) is 5.73 Å². The Morgan fingerprint density at radius 3 is 2.35 bits per heavy atom. The molecule has 0 atom stereocenters. The second kappa shape index (κ2) is 3.80. The molecule has 2 rings (SSSR count). The zero-order valence-corrected chi connectivity index (χ0v) is 9.40. The molecule has 1 aromatic rings. The van der Waals surface area contributed by atoms with E-state index in [2.05, 4.69) is 27.5 Å². The fourth-order valence-corrected chi connectivity index (χ4v) is 1.47. The first kappa shape index (κ1) is 12.0. The average molecular weight is 262 g/mol. The highest BCUT2D eigenvalue weighted by atomic mass is 32.1. The Balaban J connectivity index is 2.13. The number of anilines is 1. The number of rotatable bonds is 3. The van der Waals surface area contributed by atoms with Crippen LogP contribution in [0.2, 0.25) is 0 Å². The molecule has 0 unspecified atom stereocenters. The van der Waals surface area contributed by atoms with Gasteiger partial charge in [0.25, 0.3) is 0 Å². The molecule has 0 radical (unpaired) electrons. The van der Waals surface area contributed by atoms with Gasteiger partial charge in [-0.1, -0.05) is 12.2 Å². The highest BCUT2D eigenvalue weighted by molar-refractivity contribution is 7.80. The van der Waals surface area contributed by atoms with Gasteiger partial charge >= 0.3 is 6.18 Å². The zero-order valence-electron chi connectivity index (χ0n) is 8.58. The fourth-order valence-electron chi connectivity index (χ4n) is 1.37. The molecule has 0 aromatic carbocycles. The van der Waals surface area contributed by atoms with E-state index in [0.29, 0.717) is 0 Å². The predicted octanol–water partition coefficient (Wildman–Crippen LogP) is 1.62. The third kappa shape index (κ3) is 2.31. The van der Waals surface area contributed by atoms with Gasteiger partial charge in [-0.2, -0.15) is 13.2 Å². The molecule has 17 heavy (non-hydrogen) atoms. The van der Waals surface area contributed by atoms with Crippen molar-refractivity contribution in [1.29, 1.82) is 0 Å². The molecule has 3 N–H and O–H groups in total. The van der Waals surface area contributed by atoms with Crippen LogP contribution in [0, 0.1) is 0 Å². The molecular formula is C9H9F3N4S. The third-order valence-electron chi connectivity index (χ3n) is 2.56. The van der Waals surface area contributed by atoms with E-state index in [1.165, 1.54) is 12.4 Å². The first-order chi connectivity index (χ1) is 7.84. The van der Waals surface area contributed by atoms with Gasteiger partial charge in [-0.3, -0.25) is 0 Å². The number of nitrogens with two attached hydrogens (primary N) is 1. The second-order valence-corrected chi connectivity index (χ2v) is 4.30. The van der Waals surface area contributed by atoms with Crippen molar-refractivity contribution in [3.63, 3.8) is 0 Å². The number of thiocarbonyl (C=S) groups is 1. The summed E-state index contributed by atoms with van der Waals surface area (Å²) in [5, 5.41) is 2.35. The van der Waals surface area contributed by atoms with Crippen LogP contribution in [0.25, 0.3) is 0 Å². The summed E-state index contributed by atoms with van der Waals surface area (Å²) in [5.41, 5.74) is 3.74.